The van der Waals surface area contributed by atoms with E-state index >= 15 is 0 Å². The molecule has 0 N–H and O–H groups in total. The Balaban J connectivity index is 1.52. The molecule has 4 aromatic rings. The van der Waals surface area contributed by atoms with E-state index in [2.05, 4.69) is 20.1 Å². The minimum absolute atomic E-state index is 0.487. The van der Waals surface area contributed by atoms with Crippen molar-refractivity contribution in [2.75, 3.05) is 0 Å². The number of halogens is 1. The van der Waals surface area contributed by atoms with Crippen LogP contribution in [0.5, 0.6) is 0 Å². The first kappa shape index (κ1) is 14.6. The van der Waals surface area contributed by atoms with Crippen LogP contribution in [0.15, 0.2) is 51.6 Å². The van der Waals surface area contributed by atoms with Crippen LogP contribution in [0.3, 0.4) is 0 Å². The molecule has 0 aliphatic heterocycles. The first-order valence-electron chi connectivity index (χ1n) is 6.69. The van der Waals surface area contributed by atoms with E-state index in [0.717, 1.165) is 20.8 Å². The number of fused-ring (bicyclic) bond motifs is 1. The predicted octanol–water partition coefficient (Wildman–Crippen LogP) is 4.69. The number of rotatable bonds is 4. The van der Waals surface area contributed by atoms with Crippen molar-refractivity contribution in [3.63, 3.8) is 0 Å². The third kappa shape index (κ3) is 3.08. The number of nitrogens with zero attached hydrogens (tertiary/aromatic N) is 4. The topological polar surface area (TPSA) is 64.7 Å². The maximum absolute atomic E-state index is 5.88. The van der Waals surface area contributed by atoms with Gasteiger partial charge in [-0.15, -0.1) is 11.3 Å². The van der Waals surface area contributed by atoms with Crippen LogP contribution < -0.4 is 0 Å². The Hall–Kier alpha value is -1.96. The summed E-state index contributed by atoms with van der Waals surface area (Å²) >= 11 is 9.08. The van der Waals surface area contributed by atoms with Gasteiger partial charge in [-0.1, -0.05) is 28.5 Å². The van der Waals surface area contributed by atoms with E-state index in [1.165, 1.54) is 0 Å². The van der Waals surface area contributed by atoms with Gasteiger partial charge >= 0.3 is 0 Å². The quantitative estimate of drug-likeness (QED) is 0.388. The molecule has 0 aliphatic carbocycles. The molecule has 23 heavy (non-hydrogen) atoms. The van der Waals surface area contributed by atoms with Gasteiger partial charge in [0.1, 0.15) is 11.4 Å². The lowest BCUT2D eigenvalue weighted by Crippen LogP contribution is -1.87. The second-order valence-electron chi connectivity index (χ2n) is 4.63. The van der Waals surface area contributed by atoms with Crippen LogP contribution in [0, 0.1) is 0 Å². The highest BCUT2D eigenvalue weighted by Gasteiger charge is 2.11. The molecule has 0 radical (unpaired) electrons. The number of thiophene rings is 1. The fourth-order valence-corrected chi connectivity index (χ4v) is 3.94. The number of benzene rings is 1. The molecule has 0 atom stereocenters. The zero-order valence-electron chi connectivity index (χ0n) is 11.6. The van der Waals surface area contributed by atoms with E-state index in [-0.39, 0.29) is 0 Å². The van der Waals surface area contributed by atoms with Gasteiger partial charge in [0.15, 0.2) is 5.82 Å². The van der Waals surface area contributed by atoms with Gasteiger partial charge in [0.05, 0.1) is 16.0 Å². The first-order valence-corrected chi connectivity index (χ1v) is 8.93. The van der Waals surface area contributed by atoms with Crippen LogP contribution in [0.2, 0.25) is 5.02 Å². The first-order chi connectivity index (χ1) is 11.3. The van der Waals surface area contributed by atoms with Crippen molar-refractivity contribution in [2.24, 2.45) is 0 Å². The molecule has 0 saturated heterocycles. The van der Waals surface area contributed by atoms with Gasteiger partial charge in [-0.05, 0) is 35.7 Å². The molecule has 0 spiro atoms. The summed E-state index contributed by atoms with van der Waals surface area (Å²) in [6.07, 6.45) is 1.58. The van der Waals surface area contributed by atoms with Crippen molar-refractivity contribution < 1.29 is 4.52 Å². The fourth-order valence-electron chi connectivity index (χ4n) is 2.02. The summed E-state index contributed by atoms with van der Waals surface area (Å²) < 4.78 is 6.39. The number of hydrogen-bond acceptors (Lipinski definition) is 7. The Morgan fingerprint density at radius 2 is 2.00 bits per heavy atom. The van der Waals surface area contributed by atoms with Crippen molar-refractivity contribution >= 4 is 44.9 Å². The highest BCUT2D eigenvalue weighted by molar-refractivity contribution is 7.98. The van der Waals surface area contributed by atoms with E-state index in [1.54, 1.807) is 41.6 Å². The minimum Gasteiger partial charge on any atom is -0.334 e. The average Bonchev–Trinajstić information content (AvgIpc) is 3.23. The lowest BCUT2D eigenvalue weighted by Gasteiger charge is -1.98. The highest BCUT2D eigenvalue weighted by Crippen LogP contribution is 2.30. The Labute approximate surface area is 144 Å². The van der Waals surface area contributed by atoms with Crippen molar-refractivity contribution in [3.8, 4) is 11.5 Å². The summed E-state index contributed by atoms with van der Waals surface area (Å²) in [5.41, 5.74) is 1.81. The molecule has 0 bridgehead atoms. The summed E-state index contributed by atoms with van der Waals surface area (Å²) in [6.45, 7) is 0. The van der Waals surface area contributed by atoms with Gasteiger partial charge in [0.2, 0.25) is 0 Å². The largest absolute Gasteiger partial charge is 0.334 e. The van der Waals surface area contributed by atoms with Gasteiger partial charge in [0, 0.05) is 10.6 Å². The molecule has 3 aromatic heterocycles. The van der Waals surface area contributed by atoms with Crippen LogP contribution in [0.1, 0.15) is 5.82 Å². The molecule has 0 unspecified atom stereocenters. The van der Waals surface area contributed by atoms with Gasteiger partial charge in [-0.3, -0.25) is 0 Å². The summed E-state index contributed by atoms with van der Waals surface area (Å²) in [5.74, 6) is 1.70. The Kier molecular flexibility index (Phi) is 3.99. The molecule has 0 fully saturated rings. The normalized spacial score (nSPS) is 11.2. The molecule has 5 nitrogen and oxygen atoms in total. The van der Waals surface area contributed by atoms with E-state index in [1.807, 2.05) is 23.6 Å². The van der Waals surface area contributed by atoms with Crippen LogP contribution in [-0.2, 0) is 5.75 Å². The molecule has 8 heteroatoms. The van der Waals surface area contributed by atoms with Crippen molar-refractivity contribution in [3.05, 3.63) is 52.9 Å². The third-order valence-corrected chi connectivity index (χ3v) is 5.38. The SMILES string of the molecule is Clc1ccc(-c2nc(CSc3ncnc4ccsc34)no2)cc1. The van der Waals surface area contributed by atoms with Crippen LogP contribution in [-0.4, -0.2) is 20.1 Å². The van der Waals surface area contributed by atoms with E-state index in [9.17, 15) is 0 Å². The van der Waals surface area contributed by atoms with E-state index in [4.69, 9.17) is 16.1 Å². The number of hydrogen-bond donors (Lipinski definition) is 0. The third-order valence-electron chi connectivity index (χ3n) is 3.11. The van der Waals surface area contributed by atoms with E-state index in [0.29, 0.717) is 22.5 Å². The molecule has 3 heterocycles. The zero-order valence-corrected chi connectivity index (χ0v) is 14.0. The second kappa shape index (κ2) is 6.27. The average molecular weight is 361 g/mol. The van der Waals surface area contributed by atoms with Crippen molar-refractivity contribution in [1.29, 1.82) is 0 Å². The standard InChI is InChI=1S/C15H9ClN4OS2/c16-10-3-1-9(2-4-10)14-19-12(20-21-14)7-23-15-13-11(5-6-22-13)17-8-18-15/h1-6,8H,7H2. The zero-order chi connectivity index (χ0) is 15.6. The lowest BCUT2D eigenvalue weighted by molar-refractivity contribution is 0.425. The van der Waals surface area contributed by atoms with Crippen LogP contribution in [0.4, 0.5) is 0 Å². The van der Waals surface area contributed by atoms with Gasteiger partial charge in [-0.2, -0.15) is 4.98 Å². The predicted molar refractivity (Wildman–Crippen MR) is 91.7 cm³/mol. The molecule has 4 rings (SSSR count). The summed E-state index contributed by atoms with van der Waals surface area (Å²) in [7, 11) is 0. The van der Waals surface area contributed by atoms with Gasteiger partial charge < -0.3 is 4.52 Å². The van der Waals surface area contributed by atoms with Crippen LogP contribution in [0.25, 0.3) is 21.7 Å². The molecule has 0 saturated carbocycles. The summed E-state index contributed by atoms with van der Waals surface area (Å²) in [5, 5.41) is 7.64. The van der Waals surface area contributed by atoms with Crippen molar-refractivity contribution in [2.45, 2.75) is 10.8 Å². The molecular formula is C15H9ClN4OS2. The number of thioether (sulfide) groups is 1. The number of aromatic nitrogens is 4. The molecular weight excluding hydrogens is 352 g/mol. The molecule has 1 aromatic carbocycles. The second-order valence-corrected chi connectivity index (χ2v) is 6.94. The molecule has 114 valence electrons. The smallest absolute Gasteiger partial charge is 0.257 e. The monoisotopic (exact) mass is 360 g/mol. The molecule has 0 amide bonds. The van der Waals surface area contributed by atoms with Gasteiger partial charge in [-0.25, -0.2) is 9.97 Å². The maximum Gasteiger partial charge on any atom is 0.257 e. The Morgan fingerprint density at radius 3 is 2.87 bits per heavy atom. The summed E-state index contributed by atoms with van der Waals surface area (Å²) in [6, 6.07) is 9.28. The molecule has 0 aliphatic rings. The van der Waals surface area contributed by atoms with Crippen LogP contribution >= 0.6 is 34.7 Å². The van der Waals surface area contributed by atoms with E-state index < -0.39 is 0 Å². The fraction of sp³-hybridized carbons (Fsp3) is 0.0667. The Bertz CT molecular complexity index is 951. The minimum atomic E-state index is 0.487. The van der Waals surface area contributed by atoms with Gasteiger partial charge in [0.25, 0.3) is 5.89 Å². The van der Waals surface area contributed by atoms with Crippen molar-refractivity contribution in [1.82, 2.24) is 20.1 Å². The maximum atomic E-state index is 5.88. The lowest BCUT2D eigenvalue weighted by atomic mass is 10.2. The summed E-state index contributed by atoms with van der Waals surface area (Å²) in [4.78, 5) is 13.0. The Morgan fingerprint density at radius 1 is 1.13 bits per heavy atom. The highest BCUT2D eigenvalue weighted by atomic mass is 35.5.